The topological polar surface area (TPSA) is 66.4 Å². The lowest BCUT2D eigenvalue weighted by molar-refractivity contribution is -0.114. The fourth-order valence-electron chi connectivity index (χ4n) is 2.11. The van der Waals surface area contributed by atoms with Gasteiger partial charge in [-0.15, -0.1) is 0 Å². The Labute approximate surface area is 117 Å². The zero-order chi connectivity index (χ0) is 14.7. The van der Waals surface area contributed by atoms with Crippen molar-refractivity contribution in [3.05, 3.63) is 53.6 Å². The number of hydrogen-bond donors (Lipinski definition) is 2. The number of anilines is 1. The summed E-state index contributed by atoms with van der Waals surface area (Å²) in [7, 11) is 0. The number of carboxylic acids is 1. The summed E-state index contributed by atoms with van der Waals surface area (Å²) < 4.78 is 0. The van der Waals surface area contributed by atoms with Crippen LogP contribution in [0.15, 0.2) is 42.5 Å². The molecule has 0 bridgehead atoms. The summed E-state index contributed by atoms with van der Waals surface area (Å²) in [5.41, 5.74) is 3.14. The van der Waals surface area contributed by atoms with Crippen molar-refractivity contribution in [3.63, 3.8) is 0 Å². The fourth-order valence-corrected chi connectivity index (χ4v) is 2.11. The van der Waals surface area contributed by atoms with Crippen molar-refractivity contribution in [2.75, 3.05) is 5.32 Å². The quantitative estimate of drug-likeness (QED) is 0.898. The number of carboxylic acid groups (broad SMARTS) is 1. The van der Waals surface area contributed by atoms with Crippen LogP contribution in [-0.2, 0) is 4.79 Å². The molecule has 0 spiro atoms. The molecule has 20 heavy (non-hydrogen) atoms. The largest absolute Gasteiger partial charge is 0.478 e. The van der Waals surface area contributed by atoms with Crippen molar-refractivity contribution >= 4 is 17.6 Å². The van der Waals surface area contributed by atoms with E-state index in [9.17, 15) is 14.7 Å². The molecule has 4 nitrogen and oxygen atoms in total. The highest BCUT2D eigenvalue weighted by atomic mass is 16.4. The van der Waals surface area contributed by atoms with Crippen LogP contribution < -0.4 is 5.32 Å². The van der Waals surface area contributed by atoms with Crippen LogP contribution in [0.5, 0.6) is 0 Å². The first-order valence-corrected chi connectivity index (χ1v) is 6.20. The highest BCUT2D eigenvalue weighted by molar-refractivity contribution is 6.01. The molecule has 0 aliphatic carbocycles. The van der Waals surface area contributed by atoms with Crippen LogP contribution in [0.2, 0.25) is 0 Å². The van der Waals surface area contributed by atoms with Gasteiger partial charge < -0.3 is 10.4 Å². The standard InChI is InChI=1S/C16H15NO3/c1-10-8-14(16(19)20)15(17-11(2)18)9-13(10)12-6-4-3-5-7-12/h3-9H,1-2H3,(H,17,18)(H,19,20). The molecule has 2 rings (SSSR count). The van der Waals surface area contributed by atoms with Gasteiger partial charge in [0.05, 0.1) is 11.3 Å². The summed E-state index contributed by atoms with van der Waals surface area (Å²) in [6.07, 6.45) is 0. The van der Waals surface area contributed by atoms with E-state index in [-0.39, 0.29) is 11.5 Å². The van der Waals surface area contributed by atoms with Crippen LogP contribution in [0.3, 0.4) is 0 Å². The summed E-state index contributed by atoms with van der Waals surface area (Å²) in [5.74, 6) is -1.35. The molecule has 0 aliphatic rings. The van der Waals surface area contributed by atoms with Gasteiger partial charge in [0.2, 0.25) is 5.91 Å². The zero-order valence-corrected chi connectivity index (χ0v) is 11.3. The molecule has 2 aromatic rings. The van der Waals surface area contributed by atoms with E-state index >= 15 is 0 Å². The van der Waals surface area contributed by atoms with E-state index in [4.69, 9.17) is 0 Å². The number of aryl methyl sites for hydroxylation is 1. The van der Waals surface area contributed by atoms with Gasteiger partial charge >= 0.3 is 5.97 Å². The second-order valence-electron chi connectivity index (χ2n) is 4.57. The number of carbonyl (C=O) groups excluding carboxylic acids is 1. The monoisotopic (exact) mass is 269 g/mol. The van der Waals surface area contributed by atoms with E-state index in [1.54, 1.807) is 12.1 Å². The minimum absolute atomic E-state index is 0.0948. The van der Waals surface area contributed by atoms with E-state index < -0.39 is 5.97 Å². The lowest BCUT2D eigenvalue weighted by Gasteiger charge is -2.13. The summed E-state index contributed by atoms with van der Waals surface area (Å²) in [6, 6.07) is 12.9. The Morgan fingerprint density at radius 3 is 2.30 bits per heavy atom. The molecule has 0 unspecified atom stereocenters. The summed E-state index contributed by atoms with van der Waals surface area (Å²) >= 11 is 0. The molecule has 0 aromatic heterocycles. The Kier molecular flexibility index (Phi) is 3.84. The molecule has 2 N–H and O–H groups in total. The normalized spacial score (nSPS) is 10.1. The summed E-state index contributed by atoms with van der Waals surface area (Å²) in [4.78, 5) is 22.5. The van der Waals surface area contributed by atoms with Gasteiger partial charge in [0.25, 0.3) is 0 Å². The average Bonchev–Trinajstić information content (AvgIpc) is 2.40. The molecule has 0 saturated carbocycles. The molecule has 0 heterocycles. The highest BCUT2D eigenvalue weighted by Crippen LogP contribution is 2.29. The van der Waals surface area contributed by atoms with Crippen LogP contribution in [0.25, 0.3) is 11.1 Å². The molecule has 4 heteroatoms. The molecule has 102 valence electrons. The number of benzene rings is 2. The zero-order valence-electron chi connectivity index (χ0n) is 11.3. The van der Waals surface area contributed by atoms with Gasteiger partial charge in [-0.05, 0) is 35.7 Å². The predicted octanol–water partition coefficient (Wildman–Crippen LogP) is 3.32. The van der Waals surface area contributed by atoms with E-state index in [0.29, 0.717) is 5.69 Å². The van der Waals surface area contributed by atoms with Gasteiger partial charge in [-0.25, -0.2) is 4.79 Å². The third-order valence-corrected chi connectivity index (χ3v) is 2.99. The lowest BCUT2D eigenvalue weighted by atomic mass is 9.97. The molecule has 0 saturated heterocycles. The number of rotatable bonds is 3. The first-order valence-electron chi connectivity index (χ1n) is 6.20. The smallest absolute Gasteiger partial charge is 0.337 e. The average molecular weight is 269 g/mol. The van der Waals surface area contributed by atoms with Crippen LogP contribution in [0, 0.1) is 6.92 Å². The van der Waals surface area contributed by atoms with E-state index in [1.807, 2.05) is 37.3 Å². The van der Waals surface area contributed by atoms with Gasteiger partial charge in [0, 0.05) is 6.92 Å². The number of carbonyl (C=O) groups is 2. The molecule has 0 fully saturated rings. The predicted molar refractivity (Wildman–Crippen MR) is 77.9 cm³/mol. The van der Waals surface area contributed by atoms with Crippen molar-refractivity contribution in [3.8, 4) is 11.1 Å². The van der Waals surface area contributed by atoms with Crippen molar-refractivity contribution < 1.29 is 14.7 Å². The van der Waals surface area contributed by atoms with Crippen molar-refractivity contribution in [2.45, 2.75) is 13.8 Å². The van der Waals surface area contributed by atoms with Crippen LogP contribution in [0.1, 0.15) is 22.8 Å². The van der Waals surface area contributed by atoms with Gasteiger partial charge in [0.15, 0.2) is 0 Å². The first-order chi connectivity index (χ1) is 9.49. The van der Waals surface area contributed by atoms with Crippen LogP contribution in [0.4, 0.5) is 5.69 Å². The Balaban J connectivity index is 2.60. The van der Waals surface area contributed by atoms with Gasteiger partial charge in [-0.2, -0.15) is 0 Å². The van der Waals surface area contributed by atoms with Crippen LogP contribution >= 0.6 is 0 Å². The van der Waals surface area contributed by atoms with Gasteiger partial charge in [0.1, 0.15) is 0 Å². The number of nitrogens with one attached hydrogen (secondary N) is 1. The van der Waals surface area contributed by atoms with E-state index in [0.717, 1.165) is 16.7 Å². The fraction of sp³-hybridized carbons (Fsp3) is 0.125. The molecule has 1 amide bonds. The Bertz CT molecular complexity index is 663. The Morgan fingerprint density at radius 1 is 1.10 bits per heavy atom. The van der Waals surface area contributed by atoms with E-state index in [2.05, 4.69) is 5.32 Å². The lowest BCUT2D eigenvalue weighted by Crippen LogP contribution is -2.11. The SMILES string of the molecule is CC(=O)Nc1cc(-c2ccccc2)c(C)cc1C(=O)O. The molecule has 0 radical (unpaired) electrons. The minimum Gasteiger partial charge on any atom is -0.478 e. The molecule has 0 aliphatic heterocycles. The molecule has 2 aromatic carbocycles. The molecular formula is C16H15NO3. The van der Waals surface area contributed by atoms with Crippen molar-refractivity contribution in [1.82, 2.24) is 0 Å². The summed E-state index contributed by atoms with van der Waals surface area (Å²) in [5, 5.41) is 11.8. The third kappa shape index (κ3) is 2.85. The molecule has 0 atom stereocenters. The molecular weight excluding hydrogens is 254 g/mol. The minimum atomic E-state index is -1.06. The maximum absolute atomic E-state index is 11.3. The number of amides is 1. The number of hydrogen-bond acceptors (Lipinski definition) is 2. The van der Waals surface area contributed by atoms with Crippen LogP contribution in [-0.4, -0.2) is 17.0 Å². The Hall–Kier alpha value is -2.62. The van der Waals surface area contributed by atoms with Crippen molar-refractivity contribution in [1.29, 1.82) is 0 Å². The third-order valence-electron chi connectivity index (χ3n) is 2.99. The Morgan fingerprint density at radius 2 is 1.75 bits per heavy atom. The second kappa shape index (κ2) is 5.57. The van der Waals surface area contributed by atoms with Gasteiger partial charge in [-0.1, -0.05) is 30.3 Å². The second-order valence-corrected chi connectivity index (χ2v) is 4.57. The number of aromatic carboxylic acids is 1. The maximum atomic E-state index is 11.3. The highest BCUT2D eigenvalue weighted by Gasteiger charge is 2.14. The van der Waals surface area contributed by atoms with Gasteiger partial charge in [-0.3, -0.25) is 4.79 Å². The maximum Gasteiger partial charge on any atom is 0.337 e. The van der Waals surface area contributed by atoms with Crippen molar-refractivity contribution in [2.24, 2.45) is 0 Å². The summed E-state index contributed by atoms with van der Waals surface area (Å²) in [6.45, 7) is 3.21. The first kappa shape index (κ1) is 13.8. The van der Waals surface area contributed by atoms with E-state index in [1.165, 1.54) is 6.92 Å².